The molecular formula is C13H16INO3. The summed E-state index contributed by atoms with van der Waals surface area (Å²) in [5.74, 6) is -1.59. The van der Waals surface area contributed by atoms with Crippen molar-refractivity contribution < 1.29 is 14.7 Å². The fraction of sp³-hybridized carbons (Fsp3) is 0.385. The number of amides is 1. The highest BCUT2D eigenvalue weighted by molar-refractivity contribution is 14.1. The van der Waals surface area contributed by atoms with Gasteiger partial charge in [-0.2, -0.15) is 0 Å². The highest BCUT2D eigenvalue weighted by Crippen LogP contribution is 2.12. The van der Waals surface area contributed by atoms with Crippen LogP contribution in [0.4, 0.5) is 0 Å². The van der Waals surface area contributed by atoms with Crippen LogP contribution >= 0.6 is 22.6 Å². The summed E-state index contributed by atoms with van der Waals surface area (Å²) in [6, 6.07) is 7.22. The Morgan fingerprint density at radius 2 is 2.06 bits per heavy atom. The predicted octanol–water partition coefficient (Wildman–Crippen LogP) is 2.52. The number of carbonyl (C=O) groups is 2. The van der Waals surface area contributed by atoms with E-state index in [1.165, 1.54) is 0 Å². The van der Waals surface area contributed by atoms with Gasteiger partial charge in [-0.3, -0.25) is 9.59 Å². The summed E-state index contributed by atoms with van der Waals surface area (Å²) in [6.07, 6.45) is 1.36. The Morgan fingerprint density at radius 1 is 1.39 bits per heavy atom. The Labute approximate surface area is 120 Å². The molecule has 1 aromatic carbocycles. The number of hydrogen-bond donors (Lipinski definition) is 2. The van der Waals surface area contributed by atoms with Crippen molar-refractivity contribution in [3.63, 3.8) is 0 Å². The molecule has 0 saturated carbocycles. The van der Waals surface area contributed by atoms with E-state index in [4.69, 9.17) is 5.11 Å². The second-order valence-corrected chi connectivity index (χ2v) is 5.18. The summed E-state index contributed by atoms with van der Waals surface area (Å²) >= 11 is 2.09. The number of rotatable bonds is 6. The molecule has 0 aliphatic heterocycles. The number of nitrogens with one attached hydrogen (secondary N) is 1. The summed E-state index contributed by atoms with van der Waals surface area (Å²) in [5, 5.41) is 11.7. The van der Waals surface area contributed by atoms with E-state index < -0.39 is 11.9 Å². The van der Waals surface area contributed by atoms with Gasteiger partial charge in [0.25, 0.3) is 5.91 Å². The monoisotopic (exact) mass is 361 g/mol. The third kappa shape index (κ3) is 4.29. The maximum atomic E-state index is 11.9. The average Bonchev–Trinajstić information content (AvgIpc) is 2.34. The molecule has 18 heavy (non-hydrogen) atoms. The number of carboxylic acids is 1. The van der Waals surface area contributed by atoms with Crippen molar-refractivity contribution in [2.75, 3.05) is 6.54 Å². The van der Waals surface area contributed by atoms with E-state index in [0.717, 1.165) is 9.99 Å². The lowest BCUT2D eigenvalue weighted by molar-refractivity contribution is -0.141. The van der Waals surface area contributed by atoms with Crippen molar-refractivity contribution in [1.29, 1.82) is 0 Å². The minimum Gasteiger partial charge on any atom is -0.481 e. The molecule has 0 spiro atoms. The van der Waals surface area contributed by atoms with Crippen LogP contribution in [0.3, 0.4) is 0 Å². The van der Waals surface area contributed by atoms with Crippen LogP contribution < -0.4 is 5.32 Å². The van der Waals surface area contributed by atoms with Gasteiger partial charge in [0.1, 0.15) is 0 Å². The molecule has 0 aliphatic rings. The van der Waals surface area contributed by atoms with Gasteiger partial charge >= 0.3 is 5.97 Å². The summed E-state index contributed by atoms with van der Waals surface area (Å²) in [6.45, 7) is 2.10. The van der Waals surface area contributed by atoms with E-state index in [0.29, 0.717) is 12.0 Å². The summed E-state index contributed by atoms with van der Waals surface area (Å²) < 4.78 is 0.856. The van der Waals surface area contributed by atoms with E-state index in [1.54, 1.807) is 12.1 Å². The number of benzene rings is 1. The largest absolute Gasteiger partial charge is 0.481 e. The van der Waals surface area contributed by atoms with Crippen LogP contribution in [0.25, 0.3) is 0 Å². The van der Waals surface area contributed by atoms with Gasteiger partial charge in [-0.05, 0) is 41.1 Å². The third-order valence-corrected chi connectivity index (χ3v) is 3.55. The topological polar surface area (TPSA) is 66.4 Å². The summed E-state index contributed by atoms with van der Waals surface area (Å²) in [7, 11) is 0. The van der Waals surface area contributed by atoms with E-state index in [-0.39, 0.29) is 12.5 Å². The first-order valence-electron chi connectivity index (χ1n) is 5.81. The molecule has 98 valence electrons. The molecule has 1 unspecified atom stereocenters. The SMILES string of the molecule is CCCC(CNC(=O)c1ccccc1I)C(=O)O. The second-order valence-electron chi connectivity index (χ2n) is 4.01. The first kappa shape index (κ1) is 14.9. The second kappa shape index (κ2) is 7.35. The van der Waals surface area contributed by atoms with Gasteiger partial charge in [-0.1, -0.05) is 25.5 Å². The molecule has 4 nitrogen and oxygen atoms in total. The zero-order chi connectivity index (χ0) is 13.5. The van der Waals surface area contributed by atoms with E-state index in [1.807, 2.05) is 19.1 Å². The lowest BCUT2D eigenvalue weighted by Crippen LogP contribution is -2.33. The van der Waals surface area contributed by atoms with Crippen LogP contribution in [-0.4, -0.2) is 23.5 Å². The molecular weight excluding hydrogens is 345 g/mol. The zero-order valence-electron chi connectivity index (χ0n) is 10.1. The van der Waals surface area contributed by atoms with Gasteiger partial charge in [0.05, 0.1) is 11.5 Å². The molecule has 0 heterocycles. The number of hydrogen-bond acceptors (Lipinski definition) is 2. The van der Waals surface area contributed by atoms with Gasteiger partial charge in [-0.25, -0.2) is 0 Å². The molecule has 5 heteroatoms. The molecule has 1 rings (SSSR count). The molecule has 1 amide bonds. The minimum absolute atomic E-state index is 0.174. The number of carbonyl (C=O) groups excluding carboxylic acids is 1. The standard InChI is InChI=1S/C13H16INO3/c1-2-5-9(13(17)18)8-15-12(16)10-6-3-4-7-11(10)14/h3-4,6-7,9H,2,5,8H2,1H3,(H,15,16)(H,17,18). The van der Waals surface area contributed by atoms with Crippen molar-refractivity contribution in [3.05, 3.63) is 33.4 Å². The van der Waals surface area contributed by atoms with Crippen molar-refractivity contribution >= 4 is 34.5 Å². The average molecular weight is 361 g/mol. The molecule has 1 atom stereocenters. The van der Waals surface area contributed by atoms with Crippen LogP contribution in [0.15, 0.2) is 24.3 Å². The maximum Gasteiger partial charge on any atom is 0.308 e. The maximum absolute atomic E-state index is 11.9. The Kier molecular flexibility index (Phi) is 6.11. The minimum atomic E-state index is -0.861. The quantitative estimate of drug-likeness (QED) is 0.766. The fourth-order valence-corrected chi connectivity index (χ4v) is 2.25. The Balaban J connectivity index is 2.60. The first-order valence-corrected chi connectivity index (χ1v) is 6.89. The van der Waals surface area contributed by atoms with Crippen LogP contribution in [-0.2, 0) is 4.79 Å². The fourth-order valence-electron chi connectivity index (χ4n) is 1.62. The number of aliphatic carboxylic acids is 1. The molecule has 0 saturated heterocycles. The van der Waals surface area contributed by atoms with Crippen molar-refractivity contribution in [1.82, 2.24) is 5.32 Å². The van der Waals surface area contributed by atoms with Crippen LogP contribution in [0, 0.1) is 9.49 Å². The van der Waals surface area contributed by atoms with Crippen LogP contribution in [0.2, 0.25) is 0 Å². The molecule has 0 bridgehead atoms. The van der Waals surface area contributed by atoms with E-state index in [2.05, 4.69) is 27.9 Å². The van der Waals surface area contributed by atoms with Gasteiger partial charge in [0.15, 0.2) is 0 Å². The lowest BCUT2D eigenvalue weighted by atomic mass is 10.0. The molecule has 2 N–H and O–H groups in total. The summed E-state index contributed by atoms with van der Waals surface area (Å²) in [4.78, 5) is 22.8. The van der Waals surface area contributed by atoms with Gasteiger partial charge in [0, 0.05) is 10.1 Å². The summed E-state index contributed by atoms with van der Waals surface area (Å²) in [5.41, 5.74) is 0.582. The first-order chi connectivity index (χ1) is 8.56. The smallest absolute Gasteiger partial charge is 0.308 e. The highest BCUT2D eigenvalue weighted by atomic mass is 127. The van der Waals surface area contributed by atoms with Crippen molar-refractivity contribution in [2.24, 2.45) is 5.92 Å². The Morgan fingerprint density at radius 3 is 2.61 bits per heavy atom. The third-order valence-electron chi connectivity index (χ3n) is 2.61. The van der Waals surface area contributed by atoms with Gasteiger partial charge in [-0.15, -0.1) is 0 Å². The van der Waals surface area contributed by atoms with Crippen LogP contribution in [0.5, 0.6) is 0 Å². The lowest BCUT2D eigenvalue weighted by Gasteiger charge is -2.12. The molecule has 0 fully saturated rings. The predicted molar refractivity (Wildman–Crippen MR) is 77.5 cm³/mol. The van der Waals surface area contributed by atoms with Gasteiger partial charge < -0.3 is 10.4 Å². The van der Waals surface area contributed by atoms with Crippen molar-refractivity contribution in [3.8, 4) is 0 Å². The number of halogens is 1. The molecule has 0 aromatic heterocycles. The molecule has 1 aromatic rings. The number of carboxylic acid groups (broad SMARTS) is 1. The van der Waals surface area contributed by atoms with Crippen LogP contribution in [0.1, 0.15) is 30.1 Å². The van der Waals surface area contributed by atoms with Crippen molar-refractivity contribution in [2.45, 2.75) is 19.8 Å². The molecule has 0 aliphatic carbocycles. The highest BCUT2D eigenvalue weighted by Gasteiger charge is 2.18. The Hall–Kier alpha value is -1.11. The van der Waals surface area contributed by atoms with Gasteiger partial charge in [0.2, 0.25) is 0 Å². The normalized spacial score (nSPS) is 11.9. The zero-order valence-corrected chi connectivity index (χ0v) is 12.3. The Bertz CT molecular complexity index is 434. The van der Waals surface area contributed by atoms with E-state index in [9.17, 15) is 9.59 Å². The molecule has 0 radical (unpaired) electrons. The van der Waals surface area contributed by atoms with E-state index >= 15 is 0 Å².